The van der Waals surface area contributed by atoms with Gasteiger partial charge in [0.2, 0.25) is 0 Å². The van der Waals surface area contributed by atoms with Crippen molar-refractivity contribution in [3.8, 4) is 0 Å². The Hall–Kier alpha value is -2.95. The number of aliphatic hydroxyl groups is 1. The average molecular weight is 408 g/mol. The first-order valence-electron chi connectivity index (χ1n) is 9.31. The zero-order chi connectivity index (χ0) is 20.4. The van der Waals surface area contributed by atoms with E-state index in [0.717, 1.165) is 16.6 Å². The van der Waals surface area contributed by atoms with Gasteiger partial charge in [-0.1, -0.05) is 60.1 Å². The van der Waals surface area contributed by atoms with Crippen molar-refractivity contribution in [2.24, 2.45) is 0 Å². The highest BCUT2D eigenvalue weighted by Gasteiger charge is 2.15. The SMILES string of the molecule is O=c1ccn([C@H](CO)c2ccccc2)c2ccc(Cc3cccc(Cl)c3F)cc12. The lowest BCUT2D eigenvalue weighted by Crippen LogP contribution is -2.18. The molecule has 0 aliphatic heterocycles. The molecule has 0 saturated heterocycles. The number of hydrogen-bond donors (Lipinski definition) is 1. The molecule has 3 nitrogen and oxygen atoms in total. The number of nitrogens with zero attached hydrogens (tertiary/aromatic N) is 1. The van der Waals surface area contributed by atoms with Gasteiger partial charge in [-0.25, -0.2) is 4.39 Å². The molecule has 0 unspecified atom stereocenters. The van der Waals surface area contributed by atoms with Crippen molar-refractivity contribution in [3.63, 3.8) is 0 Å². The molecule has 0 fully saturated rings. The fourth-order valence-corrected chi connectivity index (χ4v) is 3.83. The highest BCUT2D eigenvalue weighted by molar-refractivity contribution is 6.30. The summed E-state index contributed by atoms with van der Waals surface area (Å²) in [4.78, 5) is 12.5. The lowest BCUT2D eigenvalue weighted by molar-refractivity contribution is 0.251. The normalized spacial score (nSPS) is 12.2. The molecule has 0 aliphatic rings. The van der Waals surface area contributed by atoms with Crippen molar-refractivity contribution < 1.29 is 9.50 Å². The van der Waals surface area contributed by atoms with Gasteiger partial charge >= 0.3 is 0 Å². The Morgan fingerprint density at radius 3 is 2.55 bits per heavy atom. The van der Waals surface area contributed by atoms with Crippen LogP contribution >= 0.6 is 11.6 Å². The van der Waals surface area contributed by atoms with E-state index in [1.54, 1.807) is 24.4 Å². The van der Waals surface area contributed by atoms with Gasteiger partial charge < -0.3 is 9.67 Å². The first kappa shape index (κ1) is 19.4. The van der Waals surface area contributed by atoms with E-state index >= 15 is 0 Å². The molecule has 1 aromatic heterocycles. The van der Waals surface area contributed by atoms with Crippen molar-refractivity contribution in [1.82, 2.24) is 4.57 Å². The number of pyridine rings is 1. The molecule has 1 atom stereocenters. The molecule has 0 radical (unpaired) electrons. The Balaban J connectivity index is 1.79. The Kier molecular flexibility index (Phi) is 5.47. The number of fused-ring (bicyclic) bond motifs is 1. The van der Waals surface area contributed by atoms with E-state index in [2.05, 4.69) is 0 Å². The molecular weight excluding hydrogens is 389 g/mol. The molecule has 1 N–H and O–H groups in total. The third kappa shape index (κ3) is 3.82. The number of benzene rings is 3. The molecule has 29 heavy (non-hydrogen) atoms. The highest BCUT2D eigenvalue weighted by Crippen LogP contribution is 2.25. The Labute approximate surface area is 172 Å². The minimum atomic E-state index is -0.441. The molecule has 0 bridgehead atoms. The second-order valence-corrected chi connectivity index (χ2v) is 7.34. The largest absolute Gasteiger partial charge is 0.394 e. The molecule has 1 heterocycles. The van der Waals surface area contributed by atoms with Crippen LogP contribution in [-0.4, -0.2) is 16.3 Å². The third-order valence-electron chi connectivity index (χ3n) is 5.11. The minimum Gasteiger partial charge on any atom is -0.394 e. The van der Waals surface area contributed by atoms with Crippen molar-refractivity contribution in [1.29, 1.82) is 0 Å². The number of halogens is 2. The van der Waals surface area contributed by atoms with E-state index in [-0.39, 0.29) is 23.1 Å². The van der Waals surface area contributed by atoms with Gasteiger partial charge in [0.25, 0.3) is 0 Å². The van der Waals surface area contributed by atoms with E-state index in [1.165, 1.54) is 12.1 Å². The van der Waals surface area contributed by atoms with Crippen LogP contribution in [0.1, 0.15) is 22.7 Å². The number of hydrogen-bond acceptors (Lipinski definition) is 2. The quantitative estimate of drug-likeness (QED) is 0.507. The van der Waals surface area contributed by atoms with Crippen LogP contribution in [0.5, 0.6) is 0 Å². The van der Waals surface area contributed by atoms with Crippen LogP contribution in [0.4, 0.5) is 4.39 Å². The van der Waals surface area contributed by atoms with Crippen LogP contribution in [0.2, 0.25) is 5.02 Å². The maximum Gasteiger partial charge on any atom is 0.189 e. The van der Waals surface area contributed by atoms with E-state index in [4.69, 9.17) is 11.6 Å². The van der Waals surface area contributed by atoms with Gasteiger partial charge in [-0.05, 0) is 34.9 Å². The molecule has 4 aromatic rings. The standard InChI is InChI=1S/C24H19ClFNO2/c25-20-8-4-7-18(24(20)26)13-16-9-10-21-19(14-16)23(29)11-12-27(21)22(15-28)17-5-2-1-3-6-17/h1-12,14,22,28H,13,15H2/t22-/m1/s1. The molecule has 4 rings (SSSR count). The maximum atomic E-state index is 14.3. The van der Waals surface area contributed by atoms with Gasteiger partial charge in [0.15, 0.2) is 5.43 Å². The predicted molar refractivity (Wildman–Crippen MR) is 114 cm³/mol. The van der Waals surface area contributed by atoms with Crippen molar-refractivity contribution >= 4 is 22.5 Å². The summed E-state index contributed by atoms with van der Waals surface area (Å²) in [6, 6.07) is 21.2. The maximum absolute atomic E-state index is 14.3. The van der Waals surface area contributed by atoms with E-state index in [9.17, 15) is 14.3 Å². The van der Waals surface area contributed by atoms with Crippen LogP contribution in [0.25, 0.3) is 10.9 Å². The predicted octanol–water partition coefficient (Wildman–Crippen LogP) is 4.97. The van der Waals surface area contributed by atoms with Crippen molar-refractivity contribution in [3.05, 3.63) is 117 Å². The number of rotatable bonds is 5. The monoisotopic (exact) mass is 407 g/mol. The van der Waals surface area contributed by atoms with E-state index < -0.39 is 5.82 Å². The van der Waals surface area contributed by atoms with Gasteiger partial charge in [0.05, 0.1) is 23.2 Å². The number of aromatic nitrogens is 1. The summed E-state index contributed by atoms with van der Waals surface area (Å²) in [7, 11) is 0. The fourth-order valence-electron chi connectivity index (χ4n) is 3.64. The van der Waals surface area contributed by atoms with Crippen LogP contribution in [-0.2, 0) is 6.42 Å². The summed E-state index contributed by atoms with van der Waals surface area (Å²) in [5.41, 5.74) is 2.84. The zero-order valence-electron chi connectivity index (χ0n) is 15.6. The molecule has 0 aliphatic carbocycles. The summed E-state index contributed by atoms with van der Waals surface area (Å²) in [5.74, 6) is -0.441. The van der Waals surface area contributed by atoms with Gasteiger partial charge in [-0.2, -0.15) is 0 Å². The van der Waals surface area contributed by atoms with Gasteiger partial charge in [0, 0.05) is 24.1 Å². The first-order chi connectivity index (χ1) is 14.1. The smallest absolute Gasteiger partial charge is 0.189 e. The lowest BCUT2D eigenvalue weighted by atomic mass is 10.0. The molecule has 0 spiro atoms. The van der Waals surface area contributed by atoms with Crippen molar-refractivity contribution in [2.45, 2.75) is 12.5 Å². The molecule has 0 saturated carbocycles. The minimum absolute atomic E-state index is 0.0827. The Bertz CT molecular complexity index is 1220. The third-order valence-corrected chi connectivity index (χ3v) is 5.40. The lowest BCUT2D eigenvalue weighted by Gasteiger charge is -2.21. The van der Waals surface area contributed by atoms with Crippen LogP contribution < -0.4 is 5.43 Å². The second-order valence-electron chi connectivity index (χ2n) is 6.94. The Morgan fingerprint density at radius 2 is 1.79 bits per heavy atom. The topological polar surface area (TPSA) is 42.2 Å². The van der Waals surface area contributed by atoms with Crippen LogP contribution in [0, 0.1) is 5.82 Å². The summed E-state index contributed by atoms with van der Waals surface area (Å²) in [6.07, 6.45) is 2.04. The molecule has 146 valence electrons. The first-order valence-corrected chi connectivity index (χ1v) is 9.69. The summed E-state index contributed by atoms with van der Waals surface area (Å²) in [5, 5.41) is 10.6. The van der Waals surface area contributed by atoms with Gasteiger partial charge in [-0.15, -0.1) is 0 Å². The van der Waals surface area contributed by atoms with Crippen LogP contribution in [0.15, 0.2) is 83.8 Å². The van der Waals surface area contributed by atoms with Crippen LogP contribution in [0.3, 0.4) is 0 Å². The van der Waals surface area contributed by atoms with E-state index in [1.807, 2.05) is 47.0 Å². The molecular formula is C24H19ClFNO2. The summed E-state index contributed by atoms with van der Waals surface area (Å²) < 4.78 is 16.2. The zero-order valence-corrected chi connectivity index (χ0v) is 16.3. The fraction of sp³-hybridized carbons (Fsp3) is 0.125. The van der Waals surface area contributed by atoms with Crippen molar-refractivity contribution in [2.75, 3.05) is 6.61 Å². The second kappa shape index (κ2) is 8.19. The number of aliphatic hydroxyl groups excluding tert-OH is 1. The van der Waals surface area contributed by atoms with Gasteiger partial charge in [0.1, 0.15) is 5.82 Å². The summed E-state index contributed by atoms with van der Waals surface area (Å²) in [6.45, 7) is -0.0997. The molecule has 5 heteroatoms. The Morgan fingerprint density at radius 1 is 1.00 bits per heavy atom. The van der Waals surface area contributed by atoms with E-state index in [0.29, 0.717) is 17.4 Å². The molecule has 0 amide bonds. The summed E-state index contributed by atoms with van der Waals surface area (Å²) >= 11 is 5.88. The highest BCUT2D eigenvalue weighted by atomic mass is 35.5. The molecule has 3 aromatic carbocycles. The van der Waals surface area contributed by atoms with Gasteiger partial charge in [-0.3, -0.25) is 4.79 Å². The average Bonchev–Trinajstić information content (AvgIpc) is 2.74.